The van der Waals surface area contributed by atoms with Gasteiger partial charge in [-0.1, -0.05) is 11.6 Å². The van der Waals surface area contributed by atoms with Gasteiger partial charge in [0, 0.05) is 0 Å². The highest BCUT2D eigenvalue weighted by atomic mass is 35.5. The molecule has 0 aliphatic rings. The van der Waals surface area contributed by atoms with Crippen molar-refractivity contribution < 1.29 is 0 Å². The number of hydrogen-bond donors (Lipinski definition) is 3. The maximum atomic E-state index is 11.5. The number of aromatic amines is 3. The summed E-state index contributed by atoms with van der Waals surface area (Å²) in [6, 6.07) is 1.74. The number of halogens is 1. The summed E-state index contributed by atoms with van der Waals surface area (Å²) in [7, 11) is 0. The maximum absolute atomic E-state index is 11.5. The Morgan fingerprint density at radius 3 is 2.76 bits per heavy atom. The summed E-state index contributed by atoms with van der Waals surface area (Å²) in [5.41, 5.74) is -0.643. The van der Waals surface area contributed by atoms with E-state index < -0.39 is 11.2 Å². The molecular formula is C9H5ClN4O2S. The van der Waals surface area contributed by atoms with Gasteiger partial charge in [0.1, 0.15) is 5.52 Å². The van der Waals surface area contributed by atoms with Gasteiger partial charge in [0.15, 0.2) is 11.5 Å². The Kier molecular flexibility index (Phi) is 2.17. The van der Waals surface area contributed by atoms with E-state index >= 15 is 0 Å². The third-order valence-corrected chi connectivity index (χ3v) is 3.57. The van der Waals surface area contributed by atoms with Gasteiger partial charge in [-0.15, -0.1) is 11.3 Å². The summed E-state index contributed by atoms with van der Waals surface area (Å²) in [4.78, 5) is 34.8. The van der Waals surface area contributed by atoms with Crippen LogP contribution < -0.4 is 11.2 Å². The summed E-state index contributed by atoms with van der Waals surface area (Å²) >= 11 is 7.36. The van der Waals surface area contributed by atoms with Crippen LogP contribution in [0.15, 0.2) is 21.0 Å². The van der Waals surface area contributed by atoms with Crippen molar-refractivity contribution in [3.63, 3.8) is 0 Å². The Balaban J connectivity index is 2.35. The highest BCUT2D eigenvalue weighted by Gasteiger charge is 2.12. The molecule has 0 fully saturated rings. The second-order valence-electron chi connectivity index (χ2n) is 3.31. The standard InChI is InChI=1S/C9H5ClN4O2S/c10-3-1-2-17-5(3)7-11-4-6(12-7)13-9(16)14-8(4)15/h1-2H,(H3,11,12,13,14,15,16). The van der Waals surface area contributed by atoms with Gasteiger partial charge in [0.25, 0.3) is 5.56 Å². The first-order valence-electron chi connectivity index (χ1n) is 4.61. The second-order valence-corrected chi connectivity index (χ2v) is 4.64. The van der Waals surface area contributed by atoms with E-state index in [1.165, 1.54) is 11.3 Å². The lowest BCUT2D eigenvalue weighted by atomic mass is 10.4. The molecule has 0 atom stereocenters. The van der Waals surface area contributed by atoms with Crippen molar-refractivity contribution >= 4 is 34.1 Å². The molecule has 0 amide bonds. The molecule has 0 aliphatic heterocycles. The smallest absolute Gasteiger partial charge is 0.327 e. The minimum atomic E-state index is -0.585. The van der Waals surface area contributed by atoms with Crippen LogP contribution in [0, 0.1) is 0 Å². The molecule has 0 spiro atoms. The van der Waals surface area contributed by atoms with Gasteiger partial charge in [-0.25, -0.2) is 9.78 Å². The van der Waals surface area contributed by atoms with E-state index in [2.05, 4.69) is 19.9 Å². The molecule has 8 heteroatoms. The van der Waals surface area contributed by atoms with Crippen LogP contribution in [0.3, 0.4) is 0 Å². The first kappa shape index (κ1) is 10.3. The number of fused-ring (bicyclic) bond motifs is 1. The Morgan fingerprint density at radius 1 is 1.24 bits per heavy atom. The van der Waals surface area contributed by atoms with E-state index in [1.807, 2.05) is 5.38 Å². The molecule has 0 aliphatic carbocycles. The second kappa shape index (κ2) is 3.57. The van der Waals surface area contributed by atoms with E-state index in [4.69, 9.17) is 11.6 Å². The average molecular weight is 269 g/mol. The highest BCUT2D eigenvalue weighted by molar-refractivity contribution is 7.14. The predicted molar refractivity (Wildman–Crippen MR) is 65.7 cm³/mol. The fourth-order valence-electron chi connectivity index (χ4n) is 1.50. The van der Waals surface area contributed by atoms with Crippen molar-refractivity contribution in [1.29, 1.82) is 0 Å². The van der Waals surface area contributed by atoms with E-state index in [0.717, 1.165) is 4.88 Å². The first-order valence-corrected chi connectivity index (χ1v) is 5.86. The lowest BCUT2D eigenvalue weighted by Gasteiger charge is -1.89. The third kappa shape index (κ3) is 1.60. The van der Waals surface area contributed by atoms with Gasteiger partial charge in [0.2, 0.25) is 0 Å². The number of nitrogens with zero attached hydrogens (tertiary/aromatic N) is 1. The Labute approximate surface area is 102 Å². The molecule has 3 rings (SSSR count). The van der Waals surface area contributed by atoms with Gasteiger partial charge < -0.3 is 4.98 Å². The lowest BCUT2D eigenvalue weighted by Crippen LogP contribution is -2.21. The van der Waals surface area contributed by atoms with Crippen molar-refractivity contribution in [2.24, 2.45) is 0 Å². The first-order chi connectivity index (χ1) is 8.15. The Bertz CT molecular complexity index is 812. The van der Waals surface area contributed by atoms with Crippen LogP contribution in [-0.4, -0.2) is 19.9 Å². The van der Waals surface area contributed by atoms with E-state index in [1.54, 1.807) is 6.07 Å². The minimum absolute atomic E-state index is 0.221. The molecule has 17 heavy (non-hydrogen) atoms. The van der Waals surface area contributed by atoms with Gasteiger partial charge >= 0.3 is 5.69 Å². The minimum Gasteiger partial charge on any atom is -0.331 e. The van der Waals surface area contributed by atoms with Crippen LogP contribution in [0.1, 0.15) is 0 Å². The zero-order valence-electron chi connectivity index (χ0n) is 8.20. The number of thiophene rings is 1. The monoisotopic (exact) mass is 268 g/mol. The number of imidazole rings is 1. The molecule has 86 valence electrons. The van der Waals surface area contributed by atoms with Crippen LogP contribution in [0.25, 0.3) is 21.9 Å². The van der Waals surface area contributed by atoms with Crippen molar-refractivity contribution in [1.82, 2.24) is 19.9 Å². The van der Waals surface area contributed by atoms with Gasteiger partial charge in [0.05, 0.1) is 9.90 Å². The van der Waals surface area contributed by atoms with Gasteiger partial charge in [-0.2, -0.15) is 0 Å². The molecule has 0 aromatic carbocycles. The van der Waals surface area contributed by atoms with E-state index in [9.17, 15) is 9.59 Å². The van der Waals surface area contributed by atoms with Crippen molar-refractivity contribution in [2.45, 2.75) is 0 Å². The van der Waals surface area contributed by atoms with E-state index in [0.29, 0.717) is 10.8 Å². The van der Waals surface area contributed by atoms with Crippen LogP contribution in [0.2, 0.25) is 5.02 Å². The Hall–Kier alpha value is -1.86. The van der Waals surface area contributed by atoms with Crippen LogP contribution in [0.5, 0.6) is 0 Å². The molecule has 0 bridgehead atoms. The molecule has 3 aromatic heterocycles. The number of hydrogen-bond acceptors (Lipinski definition) is 4. The number of nitrogens with one attached hydrogen (secondary N) is 3. The highest BCUT2D eigenvalue weighted by Crippen LogP contribution is 2.31. The summed E-state index contributed by atoms with van der Waals surface area (Å²) < 4.78 is 0. The third-order valence-electron chi connectivity index (χ3n) is 2.22. The predicted octanol–water partition coefficient (Wildman–Crippen LogP) is 1.32. The van der Waals surface area contributed by atoms with Crippen molar-refractivity contribution in [3.05, 3.63) is 37.3 Å². The average Bonchev–Trinajstić information content (AvgIpc) is 2.83. The van der Waals surface area contributed by atoms with Crippen LogP contribution in [0.4, 0.5) is 0 Å². The zero-order valence-corrected chi connectivity index (χ0v) is 9.78. The normalized spacial score (nSPS) is 11.1. The largest absolute Gasteiger partial charge is 0.331 e. The van der Waals surface area contributed by atoms with Gasteiger partial charge in [-0.05, 0) is 11.4 Å². The molecule has 0 radical (unpaired) electrons. The molecule has 0 saturated carbocycles. The number of H-pyrrole nitrogens is 3. The number of rotatable bonds is 1. The number of aromatic nitrogens is 4. The maximum Gasteiger partial charge on any atom is 0.327 e. The fourth-order valence-corrected chi connectivity index (χ4v) is 2.59. The molecule has 3 heterocycles. The summed E-state index contributed by atoms with van der Waals surface area (Å²) in [5, 5.41) is 2.37. The summed E-state index contributed by atoms with van der Waals surface area (Å²) in [5.74, 6) is 0.465. The molecule has 0 unspecified atom stereocenters. The zero-order chi connectivity index (χ0) is 12.0. The molecule has 6 nitrogen and oxygen atoms in total. The summed E-state index contributed by atoms with van der Waals surface area (Å²) in [6.07, 6.45) is 0. The van der Waals surface area contributed by atoms with Crippen molar-refractivity contribution in [2.75, 3.05) is 0 Å². The van der Waals surface area contributed by atoms with Gasteiger partial charge in [-0.3, -0.25) is 14.8 Å². The lowest BCUT2D eigenvalue weighted by molar-refractivity contribution is 1.07. The molecular weight excluding hydrogens is 264 g/mol. The fraction of sp³-hybridized carbons (Fsp3) is 0. The van der Waals surface area contributed by atoms with Crippen molar-refractivity contribution in [3.8, 4) is 10.7 Å². The van der Waals surface area contributed by atoms with Crippen LogP contribution in [-0.2, 0) is 0 Å². The van der Waals surface area contributed by atoms with Crippen LogP contribution >= 0.6 is 22.9 Å². The Morgan fingerprint density at radius 2 is 2.06 bits per heavy atom. The SMILES string of the molecule is O=c1[nH]c(=O)c2[nH]c(-c3sccc3Cl)nc2[nH]1. The molecule has 3 N–H and O–H groups in total. The topological polar surface area (TPSA) is 94.4 Å². The summed E-state index contributed by atoms with van der Waals surface area (Å²) in [6.45, 7) is 0. The quantitative estimate of drug-likeness (QED) is 0.621. The molecule has 0 saturated heterocycles. The molecule has 3 aromatic rings. The van der Waals surface area contributed by atoms with E-state index in [-0.39, 0.29) is 11.2 Å².